The van der Waals surface area contributed by atoms with Gasteiger partial charge in [0.25, 0.3) is 0 Å². The number of imidazole rings is 1. The molecule has 0 fully saturated rings. The predicted molar refractivity (Wildman–Crippen MR) is 83.9 cm³/mol. The van der Waals surface area contributed by atoms with Gasteiger partial charge in [0.1, 0.15) is 10.9 Å². The first-order valence-electron chi connectivity index (χ1n) is 7.00. The van der Waals surface area contributed by atoms with Gasteiger partial charge in [-0.1, -0.05) is 57.5 Å². The molecule has 2 rings (SSSR count). The van der Waals surface area contributed by atoms with E-state index in [2.05, 4.69) is 67.2 Å². The van der Waals surface area contributed by atoms with Crippen molar-refractivity contribution in [3.63, 3.8) is 0 Å². The van der Waals surface area contributed by atoms with Crippen LogP contribution in [0.2, 0.25) is 0 Å². The molecule has 0 N–H and O–H groups in total. The Hall–Kier alpha value is -1.22. The molecule has 1 aromatic carbocycles. The minimum absolute atomic E-state index is 0.439. The summed E-state index contributed by atoms with van der Waals surface area (Å²) in [6.45, 7) is 7.64. The summed E-state index contributed by atoms with van der Waals surface area (Å²) in [7, 11) is 0. The predicted octanol–water partition coefficient (Wildman–Crippen LogP) is 4.76. The van der Waals surface area contributed by atoms with Gasteiger partial charge in [0.05, 0.1) is 5.69 Å². The van der Waals surface area contributed by atoms with E-state index in [1.165, 1.54) is 24.1 Å². The average Bonchev–Trinajstić information content (AvgIpc) is 2.74. The Morgan fingerprint density at radius 1 is 1.21 bits per heavy atom. The molecule has 0 amide bonds. The lowest BCUT2D eigenvalue weighted by atomic mass is 10.1. The minimum Gasteiger partial charge on any atom is -0.327 e. The van der Waals surface area contributed by atoms with Crippen LogP contribution in [-0.2, 0) is 6.54 Å². The fourth-order valence-electron chi connectivity index (χ4n) is 2.37. The Labute approximate surface area is 121 Å². The number of nitrogens with zero attached hydrogens (tertiary/aromatic N) is 2. The van der Waals surface area contributed by atoms with Crippen LogP contribution < -0.4 is 0 Å². The standard InChI is InChI=1S/C16H22N2S/c1-4-5-11-18-14(12(2)3)16(19)17-15(18)13-9-7-6-8-10-13/h6-10,12,19H,4-5,11H2,1-3H3. The van der Waals surface area contributed by atoms with E-state index in [1.54, 1.807) is 0 Å². The Morgan fingerprint density at radius 3 is 2.47 bits per heavy atom. The Morgan fingerprint density at radius 2 is 1.89 bits per heavy atom. The number of benzene rings is 1. The summed E-state index contributed by atoms with van der Waals surface area (Å²) in [5.41, 5.74) is 2.41. The summed E-state index contributed by atoms with van der Waals surface area (Å²) in [4.78, 5) is 4.68. The first kappa shape index (κ1) is 14.2. The highest BCUT2D eigenvalue weighted by atomic mass is 32.1. The number of hydrogen-bond acceptors (Lipinski definition) is 2. The normalized spacial score (nSPS) is 11.2. The average molecular weight is 274 g/mol. The van der Waals surface area contributed by atoms with Gasteiger partial charge < -0.3 is 4.57 Å². The SMILES string of the molecule is CCCCn1c(-c2ccccc2)nc(S)c1C(C)C. The lowest BCUT2D eigenvalue weighted by Crippen LogP contribution is -2.06. The highest BCUT2D eigenvalue weighted by molar-refractivity contribution is 7.80. The molecular weight excluding hydrogens is 252 g/mol. The fraction of sp³-hybridized carbons (Fsp3) is 0.438. The topological polar surface area (TPSA) is 17.8 Å². The zero-order valence-corrected chi connectivity index (χ0v) is 12.8. The van der Waals surface area contributed by atoms with Crippen LogP contribution in [-0.4, -0.2) is 9.55 Å². The molecule has 102 valence electrons. The van der Waals surface area contributed by atoms with Crippen molar-refractivity contribution in [1.29, 1.82) is 0 Å². The van der Waals surface area contributed by atoms with Gasteiger partial charge >= 0.3 is 0 Å². The maximum absolute atomic E-state index is 4.68. The van der Waals surface area contributed by atoms with Crippen molar-refractivity contribution in [3.05, 3.63) is 36.0 Å². The molecule has 2 nitrogen and oxygen atoms in total. The minimum atomic E-state index is 0.439. The van der Waals surface area contributed by atoms with Crippen LogP contribution >= 0.6 is 12.6 Å². The van der Waals surface area contributed by atoms with Crippen molar-refractivity contribution in [1.82, 2.24) is 9.55 Å². The third-order valence-electron chi connectivity index (χ3n) is 3.30. The summed E-state index contributed by atoms with van der Waals surface area (Å²) < 4.78 is 2.34. The maximum Gasteiger partial charge on any atom is 0.141 e. The molecule has 1 aromatic heterocycles. The molecule has 0 aliphatic carbocycles. The molecule has 0 atom stereocenters. The van der Waals surface area contributed by atoms with Gasteiger partial charge in [-0.25, -0.2) is 4.98 Å². The van der Waals surface area contributed by atoms with Crippen LogP contribution in [0.1, 0.15) is 45.2 Å². The van der Waals surface area contributed by atoms with Gasteiger partial charge in [-0.3, -0.25) is 0 Å². The van der Waals surface area contributed by atoms with Crippen molar-refractivity contribution >= 4 is 12.6 Å². The summed E-state index contributed by atoms with van der Waals surface area (Å²) in [6.07, 6.45) is 2.36. The van der Waals surface area contributed by atoms with Crippen LogP contribution in [0.15, 0.2) is 35.4 Å². The Bertz CT molecular complexity index is 529. The molecule has 1 heterocycles. The van der Waals surface area contributed by atoms with Gasteiger partial charge in [0, 0.05) is 12.1 Å². The smallest absolute Gasteiger partial charge is 0.141 e. The summed E-state index contributed by atoms with van der Waals surface area (Å²) in [5.74, 6) is 1.48. The molecular formula is C16H22N2S. The van der Waals surface area contributed by atoms with E-state index in [0.29, 0.717) is 5.92 Å². The molecule has 0 unspecified atom stereocenters. The molecule has 0 spiro atoms. The number of rotatable bonds is 5. The molecule has 0 bridgehead atoms. The fourth-order valence-corrected chi connectivity index (χ4v) is 2.85. The third kappa shape index (κ3) is 3.03. The van der Waals surface area contributed by atoms with Crippen LogP contribution in [0.4, 0.5) is 0 Å². The second kappa shape index (κ2) is 6.29. The number of hydrogen-bond donors (Lipinski definition) is 1. The number of aromatic nitrogens is 2. The Kier molecular flexibility index (Phi) is 4.70. The van der Waals surface area contributed by atoms with Crippen LogP contribution in [0.25, 0.3) is 11.4 Å². The van der Waals surface area contributed by atoms with E-state index in [0.717, 1.165) is 17.4 Å². The van der Waals surface area contributed by atoms with Crippen molar-refractivity contribution in [3.8, 4) is 11.4 Å². The van der Waals surface area contributed by atoms with Gasteiger partial charge in [0.15, 0.2) is 0 Å². The van der Waals surface area contributed by atoms with Gasteiger partial charge in [0.2, 0.25) is 0 Å². The molecule has 0 radical (unpaired) electrons. The van der Waals surface area contributed by atoms with E-state index in [-0.39, 0.29) is 0 Å². The van der Waals surface area contributed by atoms with Crippen molar-refractivity contribution in [2.24, 2.45) is 0 Å². The van der Waals surface area contributed by atoms with E-state index in [4.69, 9.17) is 0 Å². The van der Waals surface area contributed by atoms with Crippen molar-refractivity contribution < 1.29 is 0 Å². The van der Waals surface area contributed by atoms with Gasteiger partial charge in [-0.15, -0.1) is 12.6 Å². The molecule has 0 saturated carbocycles. The Balaban J connectivity index is 2.51. The molecule has 3 heteroatoms. The molecule has 0 aliphatic heterocycles. The maximum atomic E-state index is 4.68. The quantitative estimate of drug-likeness (QED) is 0.778. The second-order valence-corrected chi connectivity index (χ2v) is 5.59. The van der Waals surface area contributed by atoms with E-state index >= 15 is 0 Å². The van der Waals surface area contributed by atoms with Crippen LogP contribution in [0, 0.1) is 0 Å². The molecule has 0 aliphatic rings. The summed E-state index contributed by atoms with van der Waals surface area (Å²) in [5, 5.41) is 0.866. The third-order valence-corrected chi connectivity index (χ3v) is 3.63. The number of thiol groups is 1. The highest BCUT2D eigenvalue weighted by Crippen LogP contribution is 2.29. The van der Waals surface area contributed by atoms with E-state index < -0.39 is 0 Å². The van der Waals surface area contributed by atoms with E-state index in [9.17, 15) is 0 Å². The largest absolute Gasteiger partial charge is 0.327 e. The van der Waals surface area contributed by atoms with Crippen molar-refractivity contribution in [2.75, 3.05) is 0 Å². The first-order valence-corrected chi connectivity index (χ1v) is 7.44. The number of unbranched alkanes of at least 4 members (excludes halogenated alkanes) is 1. The zero-order chi connectivity index (χ0) is 13.8. The lowest BCUT2D eigenvalue weighted by Gasteiger charge is -2.14. The zero-order valence-electron chi connectivity index (χ0n) is 11.9. The lowest BCUT2D eigenvalue weighted by molar-refractivity contribution is 0.592. The molecule has 0 saturated heterocycles. The second-order valence-electron chi connectivity index (χ2n) is 5.17. The van der Waals surface area contributed by atoms with Crippen molar-refractivity contribution in [2.45, 2.75) is 51.1 Å². The molecule has 19 heavy (non-hydrogen) atoms. The van der Waals surface area contributed by atoms with Crippen LogP contribution in [0.5, 0.6) is 0 Å². The van der Waals surface area contributed by atoms with E-state index in [1.807, 2.05) is 6.07 Å². The first-order chi connectivity index (χ1) is 9.15. The van der Waals surface area contributed by atoms with Gasteiger partial charge in [-0.05, 0) is 12.3 Å². The molecule has 2 aromatic rings. The highest BCUT2D eigenvalue weighted by Gasteiger charge is 2.18. The van der Waals surface area contributed by atoms with Gasteiger partial charge in [-0.2, -0.15) is 0 Å². The monoisotopic (exact) mass is 274 g/mol. The summed E-state index contributed by atoms with van der Waals surface area (Å²) >= 11 is 4.57. The van der Waals surface area contributed by atoms with Crippen LogP contribution in [0.3, 0.4) is 0 Å². The summed E-state index contributed by atoms with van der Waals surface area (Å²) in [6, 6.07) is 10.4.